The number of carbonyl (C=O) groups excluding carboxylic acids is 2. The van der Waals surface area contributed by atoms with Crippen LogP contribution in [0.3, 0.4) is 0 Å². The molecule has 2 heterocycles. The maximum absolute atomic E-state index is 13.2. The average Bonchev–Trinajstić information content (AvgIpc) is 3.34. The van der Waals surface area contributed by atoms with E-state index in [1.54, 1.807) is 41.9 Å². The molecule has 0 unspecified atom stereocenters. The van der Waals surface area contributed by atoms with Gasteiger partial charge in [0.2, 0.25) is 0 Å². The molecule has 0 aliphatic carbocycles. The molecule has 0 aliphatic heterocycles. The van der Waals surface area contributed by atoms with Crippen LogP contribution in [0.1, 0.15) is 20.9 Å². The van der Waals surface area contributed by atoms with E-state index in [0.717, 1.165) is 10.9 Å². The molecule has 4 rings (SSSR count). The van der Waals surface area contributed by atoms with Crippen molar-refractivity contribution in [3.8, 4) is 5.69 Å². The lowest BCUT2D eigenvalue weighted by atomic mass is 10.2. The standard InChI is InChI=1S/C22H16Cl2FN3O3S/c1-11-3-8-16(23)20(19(11)24)26-18(29)10-31-22(30)17-9-15-12(2)27-28(21(15)32-17)14-6-4-13(25)5-7-14/h3-9H,10H2,1-2H3,(H,26,29). The summed E-state index contributed by atoms with van der Waals surface area (Å²) in [5.74, 6) is -1.56. The Kier molecular flexibility index (Phi) is 6.19. The van der Waals surface area contributed by atoms with Gasteiger partial charge in [0.1, 0.15) is 15.5 Å². The molecule has 32 heavy (non-hydrogen) atoms. The maximum Gasteiger partial charge on any atom is 0.348 e. The Morgan fingerprint density at radius 3 is 2.59 bits per heavy atom. The minimum absolute atomic E-state index is 0.270. The quantitative estimate of drug-likeness (QED) is 0.350. The lowest BCUT2D eigenvalue weighted by Crippen LogP contribution is -2.21. The van der Waals surface area contributed by atoms with E-state index in [1.165, 1.54) is 23.5 Å². The summed E-state index contributed by atoms with van der Waals surface area (Å²) in [4.78, 5) is 25.8. The minimum Gasteiger partial charge on any atom is -0.451 e. The Morgan fingerprint density at radius 2 is 1.88 bits per heavy atom. The van der Waals surface area contributed by atoms with Crippen molar-refractivity contribution in [3.05, 3.63) is 74.5 Å². The van der Waals surface area contributed by atoms with Crippen LogP contribution in [0.2, 0.25) is 10.0 Å². The van der Waals surface area contributed by atoms with E-state index in [4.69, 9.17) is 27.9 Å². The number of nitrogens with one attached hydrogen (secondary N) is 1. The Morgan fingerprint density at radius 1 is 1.16 bits per heavy atom. The molecule has 10 heteroatoms. The van der Waals surface area contributed by atoms with E-state index >= 15 is 0 Å². The first kappa shape index (κ1) is 22.3. The highest BCUT2D eigenvalue weighted by atomic mass is 35.5. The number of hydrogen-bond acceptors (Lipinski definition) is 5. The molecule has 0 saturated heterocycles. The van der Waals surface area contributed by atoms with Crippen LogP contribution in [-0.4, -0.2) is 28.3 Å². The van der Waals surface area contributed by atoms with Crippen LogP contribution in [0.25, 0.3) is 15.9 Å². The van der Waals surface area contributed by atoms with Crippen molar-refractivity contribution < 1.29 is 18.7 Å². The fourth-order valence-electron chi connectivity index (χ4n) is 3.05. The first-order chi connectivity index (χ1) is 15.2. The number of rotatable bonds is 5. The molecule has 1 N–H and O–H groups in total. The number of halogens is 3. The highest BCUT2D eigenvalue weighted by Gasteiger charge is 2.20. The maximum atomic E-state index is 13.2. The third-order valence-electron chi connectivity index (χ3n) is 4.70. The van der Waals surface area contributed by atoms with Crippen molar-refractivity contribution in [1.29, 1.82) is 0 Å². The van der Waals surface area contributed by atoms with Gasteiger partial charge in [-0.15, -0.1) is 11.3 Å². The Labute approximate surface area is 196 Å². The van der Waals surface area contributed by atoms with Gasteiger partial charge in [-0.25, -0.2) is 13.9 Å². The van der Waals surface area contributed by atoms with Crippen LogP contribution in [0.15, 0.2) is 42.5 Å². The number of fused-ring (bicyclic) bond motifs is 1. The summed E-state index contributed by atoms with van der Waals surface area (Å²) in [6, 6.07) is 10.9. The molecule has 0 atom stereocenters. The zero-order chi connectivity index (χ0) is 23.0. The monoisotopic (exact) mass is 491 g/mol. The fraction of sp³-hybridized carbons (Fsp3) is 0.136. The summed E-state index contributed by atoms with van der Waals surface area (Å²) in [5.41, 5.74) is 2.39. The number of hydrogen-bond donors (Lipinski definition) is 1. The number of nitrogens with zero attached hydrogens (tertiary/aromatic N) is 2. The van der Waals surface area contributed by atoms with Crippen LogP contribution >= 0.6 is 34.5 Å². The predicted molar refractivity (Wildman–Crippen MR) is 124 cm³/mol. The Balaban J connectivity index is 1.49. The summed E-state index contributed by atoms with van der Waals surface area (Å²) < 4.78 is 20.1. The Bertz CT molecular complexity index is 1350. The van der Waals surface area contributed by atoms with Gasteiger partial charge in [-0.1, -0.05) is 29.3 Å². The van der Waals surface area contributed by atoms with Crippen LogP contribution in [-0.2, 0) is 9.53 Å². The second-order valence-electron chi connectivity index (χ2n) is 6.98. The highest BCUT2D eigenvalue weighted by Crippen LogP contribution is 2.33. The van der Waals surface area contributed by atoms with Gasteiger partial charge >= 0.3 is 5.97 Å². The van der Waals surface area contributed by atoms with Crippen molar-refractivity contribution in [2.24, 2.45) is 0 Å². The van der Waals surface area contributed by atoms with E-state index in [2.05, 4.69) is 10.4 Å². The van der Waals surface area contributed by atoms with Crippen molar-refractivity contribution in [1.82, 2.24) is 9.78 Å². The number of thiophene rings is 1. The second-order valence-corrected chi connectivity index (χ2v) is 8.80. The molecule has 2 aromatic heterocycles. The number of ether oxygens (including phenoxy) is 1. The molecular weight excluding hydrogens is 476 g/mol. The van der Waals surface area contributed by atoms with Crippen molar-refractivity contribution >= 4 is 62.3 Å². The topological polar surface area (TPSA) is 73.2 Å². The number of aromatic nitrogens is 2. The Hall–Kier alpha value is -2.94. The van der Waals surface area contributed by atoms with Crippen LogP contribution in [0.4, 0.5) is 10.1 Å². The van der Waals surface area contributed by atoms with Gasteiger partial charge in [-0.2, -0.15) is 5.10 Å². The summed E-state index contributed by atoms with van der Waals surface area (Å²) in [6.07, 6.45) is 0. The largest absolute Gasteiger partial charge is 0.451 e. The summed E-state index contributed by atoms with van der Waals surface area (Å²) in [5, 5.41) is 8.41. The summed E-state index contributed by atoms with van der Waals surface area (Å²) in [6.45, 7) is 3.09. The van der Waals surface area contributed by atoms with Gasteiger partial charge in [0.15, 0.2) is 6.61 Å². The number of benzene rings is 2. The minimum atomic E-state index is -0.646. The molecule has 1 amide bonds. The lowest BCUT2D eigenvalue weighted by Gasteiger charge is -2.11. The third kappa shape index (κ3) is 4.34. The van der Waals surface area contributed by atoms with Gasteiger partial charge in [-0.3, -0.25) is 4.79 Å². The van der Waals surface area contributed by atoms with E-state index in [1.807, 2.05) is 6.92 Å². The van der Waals surface area contributed by atoms with Crippen molar-refractivity contribution in [2.75, 3.05) is 11.9 Å². The van der Waals surface area contributed by atoms with E-state index in [0.29, 0.717) is 26.1 Å². The molecule has 0 saturated carbocycles. The summed E-state index contributed by atoms with van der Waals surface area (Å²) >= 11 is 13.5. The van der Waals surface area contributed by atoms with E-state index in [9.17, 15) is 14.0 Å². The first-order valence-corrected chi connectivity index (χ1v) is 11.0. The molecule has 0 bridgehead atoms. The predicted octanol–water partition coefficient (Wildman–Crippen LogP) is 5.95. The molecule has 0 aliphatic rings. The normalized spacial score (nSPS) is 11.0. The number of anilines is 1. The highest BCUT2D eigenvalue weighted by molar-refractivity contribution is 7.20. The number of esters is 1. The number of amides is 1. The molecule has 0 radical (unpaired) electrons. The van der Waals surface area contributed by atoms with Crippen LogP contribution in [0, 0.1) is 19.7 Å². The second kappa shape index (κ2) is 8.90. The fourth-order valence-corrected chi connectivity index (χ4v) is 4.60. The molecule has 2 aromatic carbocycles. The zero-order valence-corrected chi connectivity index (χ0v) is 19.2. The van der Waals surface area contributed by atoms with Gasteiger partial charge < -0.3 is 10.1 Å². The molecule has 6 nitrogen and oxygen atoms in total. The van der Waals surface area contributed by atoms with Gasteiger partial charge in [0.05, 0.1) is 27.1 Å². The average molecular weight is 492 g/mol. The van der Waals surface area contributed by atoms with Gasteiger partial charge in [0, 0.05) is 5.39 Å². The number of carbonyl (C=O) groups is 2. The molecule has 0 spiro atoms. The van der Waals surface area contributed by atoms with Crippen LogP contribution < -0.4 is 5.32 Å². The smallest absolute Gasteiger partial charge is 0.348 e. The number of aryl methyl sites for hydroxylation is 2. The van der Waals surface area contributed by atoms with Crippen LogP contribution in [0.5, 0.6) is 0 Å². The van der Waals surface area contributed by atoms with Crippen molar-refractivity contribution in [2.45, 2.75) is 13.8 Å². The van der Waals surface area contributed by atoms with Crippen molar-refractivity contribution in [3.63, 3.8) is 0 Å². The molecular formula is C22H16Cl2FN3O3S. The van der Waals surface area contributed by atoms with E-state index in [-0.39, 0.29) is 16.5 Å². The van der Waals surface area contributed by atoms with Gasteiger partial charge in [0.25, 0.3) is 5.91 Å². The zero-order valence-electron chi connectivity index (χ0n) is 16.9. The third-order valence-corrected chi connectivity index (χ3v) is 6.59. The molecule has 164 valence electrons. The molecule has 4 aromatic rings. The van der Waals surface area contributed by atoms with Gasteiger partial charge in [-0.05, 0) is 55.8 Å². The summed E-state index contributed by atoms with van der Waals surface area (Å²) in [7, 11) is 0. The molecule has 0 fully saturated rings. The SMILES string of the molecule is Cc1ccc(Cl)c(NC(=O)COC(=O)c2cc3c(C)nn(-c4ccc(F)cc4)c3s2)c1Cl. The lowest BCUT2D eigenvalue weighted by molar-refractivity contribution is -0.119. The first-order valence-electron chi connectivity index (χ1n) is 9.41. The van der Waals surface area contributed by atoms with E-state index < -0.39 is 18.5 Å².